The van der Waals surface area contributed by atoms with Crippen LogP contribution in [-0.4, -0.2) is 34.6 Å². The highest BCUT2D eigenvalue weighted by Gasteiger charge is 2.25. The molecule has 2 heterocycles. The Balaban J connectivity index is 1.51. The zero-order chi connectivity index (χ0) is 18.1. The van der Waals surface area contributed by atoms with Crippen LogP contribution < -0.4 is 0 Å². The van der Waals surface area contributed by atoms with E-state index in [1.54, 1.807) is 16.7 Å². The second kappa shape index (κ2) is 7.11. The van der Waals surface area contributed by atoms with E-state index in [0.717, 1.165) is 17.0 Å². The number of rotatable bonds is 2. The van der Waals surface area contributed by atoms with Crippen molar-refractivity contribution in [2.24, 2.45) is 0 Å². The van der Waals surface area contributed by atoms with Crippen LogP contribution in [0.15, 0.2) is 48.5 Å². The number of H-pyrrole nitrogens is 1. The summed E-state index contributed by atoms with van der Waals surface area (Å²) in [7, 11) is 0. The minimum Gasteiger partial charge on any atom is -0.351 e. The molecule has 1 aliphatic rings. The predicted octanol–water partition coefficient (Wildman–Crippen LogP) is 4.77. The van der Waals surface area contributed by atoms with Crippen molar-refractivity contribution in [3.8, 4) is 0 Å². The van der Waals surface area contributed by atoms with E-state index in [-0.39, 0.29) is 17.0 Å². The fourth-order valence-corrected chi connectivity index (χ4v) is 4.58. The molecule has 3 nitrogen and oxygen atoms in total. The maximum Gasteiger partial charge on any atom is 0.270 e. The van der Waals surface area contributed by atoms with E-state index in [2.05, 4.69) is 4.98 Å². The Bertz CT molecular complexity index is 923. The summed E-state index contributed by atoms with van der Waals surface area (Å²) in [4.78, 5) is 17.8. The number of thioether (sulfide) groups is 1. The smallest absolute Gasteiger partial charge is 0.270 e. The van der Waals surface area contributed by atoms with Gasteiger partial charge in [-0.1, -0.05) is 18.2 Å². The summed E-state index contributed by atoms with van der Waals surface area (Å²) in [6.07, 6.45) is 0.594. The van der Waals surface area contributed by atoms with Gasteiger partial charge in [0.15, 0.2) is 0 Å². The van der Waals surface area contributed by atoms with Crippen molar-refractivity contribution in [3.63, 3.8) is 0 Å². The van der Waals surface area contributed by atoms with Crippen molar-refractivity contribution < 1.29 is 13.6 Å². The molecule has 0 aliphatic carbocycles. The monoisotopic (exact) mass is 372 g/mol. The molecule has 6 heteroatoms. The molecule has 1 aliphatic heterocycles. The third-order valence-corrected chi connectivity index (χ3v) is 6.00. The Morgan fingerprint density at radius 1 is 1.12 bits per heavy atom. The number of nitrogens with zero attached hydrogens (tertiary/aromatic N) is 1. The highest BCUT2D eigenvalue weighted by atomic mass is 32.2. The molecule has 1 saturated heterocycles. The van der Waals surface area contributed by atoms with Crippen LogP contribution in [0, 0.1) is 11.6 Å². The summed E-state index contributed by atoms with van der Waals surface area (Å²) in [5.74, 6) is -0.189. The molecule has 0 bridgehead atoms. The first kappa shape index (κ1) is 17.1. The number of para-hydroxylation sites is 1. The number of halogens is 2. The molecule has 1 aromatic heterocycles. The molecule has 4 rings (SSSR count). The Kier molecular flexibility index (Phi) is 4.68. The van der Waals surface area contributed by atoms with Gasteiger partial charge in [0.1, 0.15) is 17.3 Å². The molecular weight excluding hydrogens is 354 g/mol. The molecule has 1 N–H and O–H groups in total. The lowest BCUT2D eigenvalue weighted by Gasteiger charge is -2.19. The molecule has 134 valence electrons. The average molecular weight is 372 g/mol. The summed E-state index contributed by atoms with van der Waals surface area (Å²) in [6, 6.07) is 13.2. The maximum absolute atomic E-state index is 14.1. The molecule has 1 atom stereocenters. The first-order valence-electron chi connectivity index (χ1n) is 8.55. The topological polar surface area (TPSA) is 36.1 Å². The van der Waals surface area contributed by atoms with Crippen LogP contribution >= 0.6 is 11.8 Å². The fourth-order valence-electron chi connectivity index (χ4n) is 3.34. The van der Waals surface area contributed by atoms with Gasteiger partial charge in [-0.15, -0.1) is 0 Å². The Labute approximate surface area is 154 Å². The minimum atomic E-state index is -0.433. The lowest BCUT2D eigenvalue weighted by molar-refractivity contribution is 0.0761. The van der Waals surface area contributed by atoms with Crippen LogP contribution in [0.4, 0.5) is 8.78 Å². The average Bonchev–Trinajstić information content (AvgIpc) is 2.93. The number of hydrogen-bond acceptors (Lipinski definition) is 2. The minimum absolute atomic E-state index is 0.0536. The van der Waals surface area contributed by atoms with Crippen molar-refractivity contribution in [2.75, 3.05) is 18.8 Å². The van der Waals surface area contributed by atoms with E-state index in [1.807, 2.05) is 30.3 Å². The van der Waals surface area contributed by atoms with Crippen LogP contribution in [0.5, 0.6) is 0 Å². The van der Waals surface area contributed by atoms with E-state index < -0.39 is 5.82 Å². The summed E-state index contributed by atoms with van der Waals surface area (Å²) < 4.78 is 27.5. The molecular formula is C20H18F2N2OS. The van der Waals surface area contributed by atoms with Gasteiger partial charge in [-0.25, -0.2) is 8.78 Å². The van der Waals surface area contributed by atoms with Gasteiger partial charge in [0, 0.05) is 40.6 Å². The summed E-state index contributed by atoms with van der Waals surface area (Å²) >= 11 is 1.57. The maximum atomic E-state index is 14.1. The SMILES string of the molecule is O=C(c1cc2ccccc2[nH]1)N1CCSC(c2cc(F)ccc2F)CC1. The van der Waals surface area contributed by atoms with Gasteiger partial charge in [-0.3, -0.25) is 4.79 Å². The van der Waals surface area contributed by atoms with Crippen molar-refractivity contribution in [1.82, 2.24) is 9.88 Å². The van der Waals surface area contributed by atoms with Crippen LogP contribution in [-0.2, 0) is 0 Å². The second-order valence-electron chi connectivity index (χ2n) is 6.38. The van der Waals surface area contributed by atoms with Gasteiger partial charge in [-0.2, -0.15) is 11.8 Å². The number of carbonyl (C=O) groups is 1. The van der Waals surface area contributed by atoms with E-state index in [9.17, 15) is 13.6 Å². The van der Waals surface area contributed by atoms with E-state index in [1.165, 1.54) is 12.1 Å². The molecule has 0 saturated carbocycles. The molecule has 1 unspecified atom stereocenters. The van der Waals surface area contributed by atoms with Gasteiger partial charge < -0.3 is 9.88 Å². The number of fused-ring (bicyclic) bond motifs is 1. The summed E-state index contributed by atoms with van der Waals surface area (Å²) in [6.45, 7) is 1.11. The lowest BCUT2D eigenvalue weighted by Crippen LogP contribution is -2.33. The van der Waals surface area contributed by atoms with E-state index in [0.29, 0.717) is 36.5 Å². The van der Waals surface area contributed by atoms with Crippen LogP contribution in [0.1, 0.15) is 27.7 Å². The van der Waals surface area contributed by atoms with E-state index in [4.69, 9.17) is 0 Å². The zero-order valence-electron chi connectivity index (χ0n) is 14.0. The summed E-state index contributed by atoms with van der Waals surface area (Å²) in [5, 5.41) is 0.853. The van der Waals surface area contributed by atoms with Crippen LogP contribution in [0.3, 0.4) is 0 Å². The summed E-state index contributed by atoms with van der Waals surface area (Å²) in [5.41, 5.74) is 1.88. The molecule has 0 radical (unpaired) electrons. The number of amides is 1. The number of aromatic nitrogens is 1. The van der Waals surface area contributed by atoms with Crippen molar-refractivity contribution in [2.45, 2.75) is 11.7 Å². The van der Waals surface area contributed by atoms with Crippen LogP contribution in [0.25, 0.3) is 10.9 Å². The third kappa shape index (κ3) is 3.33. The van der Waals surface area contributed by atoms with Gasteiger partial charge in [-0.05, 0) is 36.8 Å². The molecule has 1 fully saturated rings. The second-order valence-corrected chi connectivity index (χ2v) is 7.69. The van der Waals surface area contributed by atoms with Gasteiger partial charge in [0.2, 0.25) is 0 Å². The number of hydrogen-bond donors (Lipinski definition) is 1. The Morgan fingerprint density at radius 2 is 1.96 bits per heavy atom. The standard InChI is InChI=1S/C20H18F2N2OS/c21-14-5-6-16(22)15(12-14)19-7-8-24(9-10-26-19)20(25)18-11-13-3-1-2-4-17(13)23-18/h1-6,11-12,19,23H,7-10H2. The fraction of sp³-hybridized carbons (Fsp3) is 0.250. The largest absolute Gasteiger partial charge is 0.351 e. The van der Waals surface area contributed by atoms with Gasteiger partial charge in [0.05, 0.1) is 0 Å². The van der Waals surface area contributed by atoms with E-state index >= 15 is 0 Å². The highest BCUT2D eigenvalue weighted by molar-refractivity contribution is 7.99. The molecule has 2 aromatic carbocycles. The first-order chi connectivity index (χ1) is 12.6. The number of benzene rings is 2. The van der Waals surface area contributed by atoms with Gasteiger partial charge >= 0.3 is 0 Å². The first-order valence-corrected chi connectivity index (χ1v) is 9.60. The van der Waals surface area contributed by atoms with Crippen LogP contribution in [0.2, 0.25) is 0 Å². The predicted molar refractivity (Wildman–Crippen MR) is 100 cm³/mol. The third-order valence-electron chi connectivity index (χ3n) is 4.69. The van der Waals surface area contributed by atoms with Crippen molar-refractivity contribution >= 4 is 28.6 Å². The molecule has 26 heavy (non-hydrogen) atoms. The highest BCUT2D eigenvalue weighted by Crippen LogP contribution is 2.36. The molecule has 0 spiro atoms. The Morgan fingerprint density at radius 3 is 2.81 bits per heavy atom. The molecule has 1 amide bonds. The van der Waals surface area contributed by atoms with Gasteiger partial charge in [0.25, 0.3) is 5.91 Å². The normalized spacial score (nSPS) is 18.1. The zero-order valence-corrected chi connectivity index (χ0v) is 14.9. The number of aromatic amines is 1. The quantitative estimate of drug-likeness (QED) is 0.704. The Hall–Kier alpha value is -2.34. The van der Waals surface area contributed by atoms with Crippen molar-refractivity contribution in [3.05, 3.63) is 71.4 Å². The number of nitrogens with one attached hydrogen (secondary N) is 1. The number of carbonyl (C=O) groups excluding carboxylic acids is 1. The van der Waals surface area contributed by atoms with Crippen molar-refractivity contribution in [1.29, 1.82) is 0 Å². The molecule has 3 aromatic rings. The lowest BCUT2D eigenvalue weighted by atomic mass is 10.1.